The van der Waals surface area contributed by atoms with Crippen molar-refractivity contribution in [3.05, 3.63) is 107 Å². The molecule has 51 heavy (non-hydrogen) atoms. The minimum Gasteiger partial charge on any atom is -0.504 e. The van der Waals surface area contributed by atoms with Crippen molar-refractivity contribution in [2.45, 2.75) is 54.9 Å². The molecular formula is C40H40O11. The van der Waals surface area contributed by atoms with Crippen molar-refractivity contribution in [3.63, 3.8) is 0 Å². The summed E-state index contributed by atoms with van der Waals surface area (Å²) >= 11 is 0. The van der Waals surface area contributed by atoms with Crippen LogP contribution in [-0.2, 0) is 14.2 Å². The van der Waals surface area contributed by atoms with Crippen molar-refractivity contribution >= 4 is 0 Å². The summed E-state index contributed by atoms with van der Waals surface area (Å²) < 4.78 is 42.8. The second-order valence-corrected chi connectivity index (χ2v) is 13.8. The smallest absolute Gasteiger partial charge is 0.160 e. The quantitative estimate of drug-likeness (QED) is 0.110. The molecule has 0 amide bonds. The molecule has 11 nitrogen and oxygen atoms in total. The lowest BCUT2D eigenvalue weighted by Crippen LogP contribution is -2.43. The Balaban J connectivity index is 1.27. The van der Waals surface area contributed by atoms with Crippen LogP contribution >= 0.6 is 0 Å². The molecule has 0 bridgehead atoms. The topological polar surface area (TPSA) is 149 Å². The van der Waals surface area contributed by atoms with Crippen molar-refractivity contribution in [2.75, 3.05) is 28.4 Å². The molecule has 8 rings (SSSR count). The zero-order valence-electron chi connectivity index (χ0n) is 28.7. The standard InChI is InChI=1S/C40H40O11/c1-21-34(22-6-10-26(41)31(17-22)46-3)49-35(23-9-13-30(45-2)29(44)16-23)38(21)14-15-39-36(24-7-11-27(42)32(18-24)47-4)50-37(40(39,20-38)51-39)25-8-12-28(43)33(19-25)48-5/h6-13,16-19,34-37,41-44H,1,14-15,20H2,2-5H3/t34-,35-,36-,37+,38+,39+,40-/m0/s1. The first-order valence-corrected chi connectivity index (χ1v) is 16.7. The summed E-state index contributed by atoms with van der Waals surface area (Å²) in [4.78, 5) is 0. The van der Waals surface area contributed by atoms with Crippen LogP contribution in [0, 0.1) is 5.41 Å². The first kappa shape index (κ1) is 33.1. The van der Waals surface area contributed by atoms with Crippen LogP contribution in [0.5, 0.6) is 46.0 Å². The number of ether oxygens (including phenoxy) is 7. The molecule has 1 aliphatic carbocycles. The van der Waals surface area contributed by atoms with Crippen LogP contribution in [-0.4, -0.2) is 60.1 Å². The van der Waals surface area contributed by atoms with Gasteiger partial charge in [0.25, 0.3) is 0 Å². The van der Waals surface area contributed by atoms with Gasteiger partial charge in [0.05, 0.1) is 34.5 Å². The van der Waals surface area contributed by atoms with Gasteiger partial charge in [-0.1, -0.05) is 30.8 Å². The monoisotopic (exact) mass is 696 g/mol. The van der Waals surface area contributed by atoms with Gasteiger partial charge in [-0.2, -0.15) is 0 Å². The van der Waals surface area contributed by atoms with E-state index in [4.69, 9.17) is 39.7 Å². The lowest BCUT2D eigenvalue weighted by Gasteiger charge is -2.42. The number of benzene rings is 4. The number of methoxy groups -OCH3 is 4. The lowest BCUT2D eigenvalue weighted by molar-refractivity contribution is -0.0749. The summed E-state index contributed by atoms with van der Waals surface area (Å²) in [7, 11) is 6.00. The number of hydrogen-bond donors (Lipinski definition) is 4. The maximum atomic E-state index is 10.9. The summed E-state index contributed by atoms with van der Waals surface area (Å²) in [6, 6.07) is 20.8. The van der Waals surface area contributed by atoms with Crippen LogP contribution < -0.4 is 18.9 Å². The Hall–Kier alpha value is -5.10. The number of aromatic hydroxyl groups is 4. The molecule has 3 heterocycles. The summed E-state index contributed by atoms with van der Waals surface area (Å²) in [5, 5.41) is 42.2. The molecule has 7 atom stereocenters. The van der Waals surface area contributed by atoms with E-state index >= 15 is 0 Å². The highest BCUT2D eigenvalue weighted by Gasteiger charge is 2.86. The second kappa shape index (κ2) is 11.7. The summed E-state index contributed by atoms with van der Waals surface area (Å²) in [6.07, 6.45) is -0.642. The number of phenolic OH excluding ortho intramolecular Hbond substituents is 4. The van der Waals surface area contributed by atoms with Crippen molar-refractivity contribution in [2.24, 2.45) is 5.41 Å². The average molecular weight is 697 g/mol. The van der Waals surface area contributed by atoms with Crippen LogP contribution in [0.3, 0.4) is 0 Å². The number of rotatable bonds is 8. The Morgan fingerprint density at radius 3 is 1.59 bits per heavy atom. The minimum absolute atomic E-state index is 0.00350. The van der Waals surface area contributed by atoms with Gasteiger partial charge < -0.3 is 53.6 Å². The van der Waals surface area contributed by atoms with Gasteiger partial charge in [0, 0.05) is 5.41 Å². The average Bonchev–Trinajstić information content (AvgIpc) is 3.63. The van der Waals surface area contributed by atoms with Crippen molar-refractivity contribution in [1.29, 1.82) is 0 Å². The Morgan fingerprint density at radius 2 is 1.04 bits per heavy atom. The van der Waals surface area contributed by atoms with E-state index in [-0.39, 0.29) is 23.0 Å². The highest BCUT2D eigenvalue weighted by molar-refractivity contribution is 5.53. The summed E-state index contributed by atoms with van der Waals surface area (Å²) in [5.74, 6) is 1.30. The van der Waals surface area contributed by atoms with Gasteiger partial charge in [-0.25, -0.2) is 0 Å². The molecule has 11 heteroatoms. The molecule has 4 aromatic rings. The molecule has 266 valence electrons. The van der Waals surface area contributed by atoms with Crippen molar-refractivity contribution in [1.82, 2.24) is 0 Å². The Morgan fingerprint density at radius 1 is 0.549 bits per heavy atom. The van der Waals surface area contributed by atoms with Crippen molar-refractivity contribution in [3.8, 4) is 46.0 Å². The van der Waals surface area contributed by atoms with Crippen LogP contribution in [0.15, 0.2) is 84.9 Å². The molecule has 3 saturated heterocycles. The van der Waals surface area contributed by atoms with Crippen LogP contribution in [0.25, 0.3) is 0 Å². The summed E-state index contributed by atoms with van der Waals surface area (Å²) in [6.45, 7) is 4.70. The Kier molecular flexibility index (Phi) is 7.60. The molecule has 4 N–H and O–H groups in total. The fourth-order valence-electron chi connectivity index (χ4n) is 8.93. The predicted molar refractivity (Wildman–Crippen MR) is 184 cm³/mol. The maximum Gasteiger partial charge on any atom is 0.160 e. The molecular weight excluding hydrogens is 656 g/mol. The molecule has 4 fully saturated rings. The van der Waals surface area contributed by atoms with Crippen LogP contribution in [0.1, 0.15) is 65.9 Å². The number of epoxide rings is 1. The number of hydrogen-bond acceptors (Lipinski definition) is 11. The van der Waals surface area contributed by atoms with Crippen LogP contribution in [0.4, 0.5) is 0 Å². The third kappa shape index (κ3) is 4.68. The van der Waals surface area contributed by atoms with Gasteiger partial charge in [-0.05, 0) is 95.6 Å². The van der Waals surface area contributed by atoms with Gasteiger partial charge in [0.1, 0.15) is 29.5 Å². The Labute approximate surface area is 295 Å². The van der Waals surface area contributed by atoms with Gasteiger partial charge in [-0.3, -0.25) is 0 Å². The van der Waals surface area contributed by atoms with Crippen molar-refractivity contribution < 1.29 is 53.6 Å². The van der Waals surface area contributed by atoms with E-state index in [2.05, 4.69) is 0 Å². The van der Waals surface area contributed by atoms with Gasteiger partial charge in [0.2, 0.25) is 0 Å². The lowest BCUT2D eigenvalue weighted by atomic mass is 9.57. The van der Waals surface area contributed by atoms with Gasteiger partial charge in [0.15, 0.2) is 46.0 Å². The molecule has 0 aromatic heterocycles. The summed E-state index contributed by atoms with van der Waals surface area (Å²) in [5.41, 5.74) is 1.56. The maximum absolute atomic E-state index is 10.9. The van der Waals surface area contributed by atoms with E-state index in [1.54, 1.807) is 54.6 Å². The predicted octanol–water partition coefficient (Wildman–Crippen LogP) is 7.10. The van der Waals surface area contributed by atoms with E-state index in [9.17, 15) is 20.4 Å². The van der Waals surface area contributed by atoms with E-state index < -0.39 is 41.0 Å². The van der Waals surface area contributed by atoms with E-state index in [1.165, 1.54) is 28.4 Å². The molecule has 1 spiro atoms. The molecule has 3 aliphatic heterocycles. The fourth-order valence-corrected chi connectivity index (χ4v) is 8.93. The molecule has 1 saturated carbocycles. The minimum atomic E-state index is -0.871. The first-order valence-electron chi connectivity index (χ1n) is 16.7. The van der Waals surface area contributed by atoms with E-state index in [0.29, 0.717) is 42.3 Å². The molecule has 4 aromatic carbocycles. The van der Waals surface area contributed by atoms with E-state index in [1.807, 2.05) is 18.2 Å². The second-order valence-electron chi connectivity index (χ2n) is 13.8. The highest BCUT2D eigenvalue weighted by Crippen LogP contribution is 2.80. The SMILES string of the molecule is C=C1[C@@H](c2ccc(O)c(OC)c2)O[C@@H](c2ccc(OC)c(O)c2)[C@@]12CC[C@]13O[C@@]1(C2)[C@@H](c1ccc(O)c(OC)c1)O[C@H]3c1ccc(O)c(OC)c1. The fraction of sp³-hybridized carbons (Fsp3) is 0.350. The largest absolute Gasteiger partial charge is 0.504 e. The highest BCUT2D eigenvalue weighted by atomic mass is 16.7. The zero-order chi connectivity index (χ0) is 35.9. The van der Waals surface area contributed by atoms with Gasteiger partial charge >= 0.3 is 0 Å². The van der Waals surface area contributed by atoms with Gasteiger partial charge in [-0.15, -0.1) is 0 Å². The molecule has 4 aliphatic rings. The zero-order valence-corrected chi connectivity index (χ0v) is 28.7. The first-order chi connectivity index (χ1) is 24.5. The number of phenols is 4. The van der Waals surface area contributed by atoms with E-state index in [0.717, 1.165) is 27.8 Å². The normalized spacial score (nSPS) is 30.5. The molecule has 0 unspecified atom stereocenters. The third-order valence-electron chi connectivity index (χ3n) is 11.4. The molecule has 0 radical (unpaired) electrons. The Bertz CT molecular complexity index is 2050. The third-order valence-corrected chi connectivity index (χ3v) is 11.4. The van der Waals surface area contributed by atoms with Crippen LogP contribution in [0.2, 0.25) is 0 Å².